The van der Waals surface area contributed by atoms with Crippen LogP contribution in [0.25, 0.3) is 5.69 Å². The predicted molar refractivity (Wildman–Crippen MR) is 119 cm³/mol. The van der Waals surface area contributed by atoms with Gasteiger partial charge in [-0.05, 0) is 48.2 Å². The SMILES string of the molecule is CC(C)c1c(NS(=O)(=O)c2ccc3c(c2)CCC(=O)N3)c(=O)n(-c2ccccc2)n1C. The van der Waals surface area contributed by atoms with Crippen LogP contribution < -0.4 is 15.6 Å². The Balaban J connectivity index is 1.79. The quantitative estimate of drug-likeness (QED) is 0.637. The van der Waals surface area contributed by atoms with E-state index in [2.05, 4.69) is 10.0 Å². The molecule has 9 heteroatoms. The summed E-state index contributed by atoms with van der Waals surface area (Å²) in [6, 6.07) is 13.6. The van der Waals surface area contributed by atoms with Crippen LogP contribution in [0.15, 0.2) is 58.2 Å². The normalized spacial score (nSPS) is 13.7. The molecule has 0 radical (unpaired) electrons. The third kappa shape index (κ3) is 3.76. The minimum Gasteiger partial charge on any atom is -0.326 e. The third-order valence-electron chi connectivity index (χ3n) is 5.38. The Hall–Kier alpha value is -3.33. The van der Waals surface area contributed by atoms with Crippen LogP contribution in [-0.4, -0.2) is 23.7 Å². The predicted octanol–water partition coefficient (Wildman–Crippen LogP) is 2.98. The summed E-state index contributed by atoms with van der Waals surface area (Å²) in [6.07, 6.45) is 0.774. The van der Waals surface area contributed by atoms with Crippen molar-refractivity contribution in [2.75, 3.05) is 10.0 Å². The second-order valence-corrected chi connectivity index (χ2v) is 9.55. The van der Waals surface area contributed by atoms with E-state index in [1.54, 1.807) is 36.0 Å². The maximum Gasteiger partial charge on any atom is 0.296 e. The first-order chi connectivity index (χ1) is 14.7. The number of rotatable bonds is 5. The molecular weight excluding hydrogens is 416 g/mol. The van der Waals surface area contributed by atoms with Crippen molar-refractivity contribution in [2.24, 2.45) is 7.05 Å². The van der Waals surface area contributed by atoms with Gasteiger partial charge >= 0.3 is 0 Å². The molecule has 0 aliphatic carbocycles. The van der Waals surface area contributed by atoms with E-state index in [-0.39, 0.29) is 22.4 Å². The molecule has 2 aromatic carbocycles. The molecule has 2 heterocycles. The summed E-state index contributed by atoms with van der Waals surface area (Å²) in [5.41, 5.74) is 2.19. The van der Waals surface area contributed by atoms with E-state index in [4.69, 9.17) is 0 Å². The number of hydrogen-bond donors (Lipinski definition) is 2. The molecule has 1 aliphatic rings. The lowest BCUT2D eigenvalue weighted by atomic mass is 10.0. The highest BCUT2D eigenvalue weighted by Crippen LogP contribution is 2.28. The summed E-state index contributed by atoms with van der Waals surface area (Å²) in [4.78, 5) is 24.9. The molecule has 31 heavy (non-hydrogen) atoms. The van der Waals surface area contributed by atoms with E-state index < -0.39 is 15.6 Å². The smallest absolute Gasteiger partial charge is 0.296 e. The summed E-state index contributed by atoms with van der Waals surface area (Å²) >= 11 is 0. The fraction of sp³-hybridized carbons (Fsp3) is 0.273. The molecule has 3 aromatic rings. The van der Waals surface area contributed by atoms with Crippen molar-refractivity contribution in [3.8, 4) is 5.69 Å². The molecule has 162 valence electrons. The van der Waals surface area contributed by atoms with E-state index in [1.807, 2.05) is 32.0 Å². The zero-order valence-electron chi connectivity index (χ0n) is 17.5. The molecule has 0 unspecified atom stereocenters. The molecule has 4 rings (SSSR count). The average molecular weight is 441 g/mol. The summed E-state index contributed by atoms with van der Waals surface area (Å²) in [5.74, 6) is -0.187. The minimum atomic E-state index is -4.01. The number of aromatic nitrogens is 2. The lowest BCUT2D eigenvalue weighted by Crippen LogP contribution is -2.23. The highest BCUT2D eigenvalue weighted by molar-refractivity contribution is 7.92. The van der Waals surface area contributed by atoms with Crippen molar-refractivity contribution in [3.05, 3.63) is 70.1 Å². The molecule has 0 saturated carbocycles. The van der Waals surface area contributed by atoms with Gasteiger partial charge in [-0.1, -0.05) is 32.0 Å². The number of anilines is 2. The largest absolute Gasteiger partial charge is 0.326 e. The highest BCUT2D eigenvalue weighted by Gasteiger charge is 2.27. The van der Waals surface area contributed by atoms with Crippen molar-refractivity contribution in [3.63, 3.8) is 0 Å². The molecule has 0 fully saturated rings. The molecule has 0 spiro atoms. The van der Waals surface area contributed by atoms with Crippen LogP contribution in [0.5, 0.6) is 0 Å². The fourth-order valence-electron chi connectivity index (χ4n) is 3.96. The summed E-state index contributed by atoms with van der Waals surface area (Å²) < 4.78 is 32.0. The van der Waals surface area contributed by atoms with E-state index in [0.29, 0.717) is 29.9 Å². The van der Waals surface area contributed by atoms with Gasteiger partial charge in [-0.25, -0.2) is 13.1 Å². The Kier molecular flexibility index (Phi) is 5.22. The van der Waals surface area contributed by atoms with Crippen LogP contribution >= 0.6 is 0 Å². The Morgan fingerprint density at radius 1 is 1.03 bits per heavy atom. The fourth-order valence-corrected chi connectivity index (χ4v) is 5.08. The molecule has 8 nitrogen and oxygen atoms in total. The van der Waals surface area contributed by atoms with Gasteiger partial charge in [-0.15, -0.1) is 0 Å². The second-order valence-electron chi connectivity index (χ2n) is 7.86. The number of aryl methyl sites for hydroxylation is 1. The van der Waals surface area contributed by atoms with Crippen molar-refractivity contribution in [1.82, 2.24) is 9.36 Å². The van der Waals surface area contributed by atoms with Gasteiger partial charge in [0.1, 0.15) is 5.69 Å². The maximum absolute atomic E-state index is 13.3. The first kappa shape index (κ1) is 20.9. The zero-order chi connectivity index (χ0) is 22.3. The minimum absolute atomic E-state index is 0.0346. The Labute approximate surface area is 180 Å². The number of carbonyl (C=O) groups excluding carboxylic acids is 1. The topological polar surface area (TPSA) is 102 Å². The lowest BCUT2D eigenvalue weighted by Gasteiger charge is -2.18. The van der Waals surface area contributed by atoms with Crippen LogP contribution in [-0.2, 0) is 28.3 Å². The van der Waals surface area contributed by atoms with Gasteiger partial charge in [0.2, 0.25) is 5.91 Å². The lowest BCUT2D eigenvalue weighted by molar-refractivity contribution is -0.116. The van der Waals surface area contributed by atoms with Crippen molar-refractivity contribution in [2.45, 2.75) is 37.5 Å². The number of benzene rings is 2. The number of nitrogens with zero attached hydrogens (tertiary/aromatic N) is 2. The second kappa shape index (κ2) is 7.73. The molecule has 0 saturated heterocycles. The van der Waals surface area contributed by atoms with Crippen LogP contribution in [0.3, 0.4) is 0 Å². The number of carbonyl (C=O) groups is 1. The van der Waals surface area contributed by atoms with Gasteiger partial charge in [0.05, 0.1) is 16.3 Å². The first-order valence-electron chi connectivity index (χ1n) is 10.0. The van der Waals surface area contributed by atoms with E-state index in [9.17, 15) is 18.0 Å². The number of hydrogen-bond acceptors (Lipinski definition) is 4. The molecule has 2 N–H and O–H groups in total. The number of amides is 1. The van der Waals surface area contributed by atoms with Crippen LogP contribution in [0.1, 0.15) is 37.4 Å². The number of nitrogens with one attached hydrogen (secondary N) is 2. The average Bonchev–Trinajstić information content (AvgIpc) is 2.97. The standard InChI is InChI=1S/C22H24N4O4S/c1-14(2)21-20(22(28)26(25(21)3)16-7-5-4-6-8-16)24-31(29,30)17-10-11-18-15(13-17)9-12-19(27)23-18/h4-8,10-11,13-14,24H,9,12H2,1-3H3,(H,23,27). The van der Waals surface area contributed by atoms with Crippen molar-refractivity contribution >= 4 is 27.3 Å². The molecule has 0 bridgehead atoms. The van der Waals surface area contributed by atoms with Gasteiger partial charge in [0.15, 0.2) is 0 Å². The molecule has 1 amide bonds. The number of para-hydroxylation sites is 1. The van der Waals surface area contributed by atoms with Gasteiger partial charge in [0, 0.05) is 19.2 Å². The van der Waals surface area contributed by atoms with Crippen molar-refractivity contribution < 1.29 is 13.2 Å². The third-order valence-corrected chi connectivity index (χ3v) is 6.72. The summed E-state index contributed by atoms with van der Waals surface area (Å²) in [5, 5.41) is 2.74. The summed E-state index contributed by atoms with van der Waals surface area (Å²) in [6.45, 7) is 3.81. The van der Waals surface area contributed by atoms with E-state index >= 15 is 0 Å². The van der Waals surface area contributed by atoms with Crippen LogP contribution in [0.4, 0.5) is 11.4 Å². The van der Waals surface area contributed by atoms with Crippen molar-refractivity contribution in [1.29, 1.82) is 0 Å². The van der Waals surface area contributed by atoms with E-state index in [1.165, 1.54) is 10.7 Å². The van der Waals surface area contributed by atoms with E-state index in [0.717, 1.165) is 5.56 Å². The van der Waals surface area contributed by atoms with Gasteiger partial charge in [-0.2, -0.15) is 0 Å². The Morgan fingerprint density at radius 2 is 1.74 bits per heavy atom. The monoisotopic (exact) mass is 440 g/mol. The summed E-state index contributed by atoms with van der Waals surface area (Å²) in [7, 11) is -2.27. The van der Waals surface area contributed by atoms with Gasteiger partial charge in [0.25, 0.3) is 15.6 Å². The molecule has 0 atom stereocenters. The molecule has 1 aromatic heterocycles. The zero-order valence-corrected chi connectivity index (χ0v) is 18.4. The maximum atomic E-state index is 13.3. The van der Waals surface area contributed by atoms with Crippen LogP contribution in [0.2, 0.25) is 0 Å². The van der Waals surface area contributed by atoms with Gasteiger partial charge in [-0.3, -0.25) is 19.0 Å². The van der Waals surface area contributed by atoms with Gasteiger partial charge < -0.3 is 5.32 Å². The Morgan fingerprint density at radius 3 is 2.42 bits per heavy atom. The highest BCUT2D eigenvalue weighted by atomic mass is 32.2. The molecule has 1 aliphatic heterocycles. The van der Waals surface area contributed by atoms with Crippen LogP contribution in [0, 0.1) is 0 Å². The first-order valence-corrected chi connectivity index (χ1v) is 11.5. The number of sulfonamides is 1. The Bertz CT molecular complexity index is 1320. The number of fused-ring (bicyclic) bond motifs is 1. The molecular formula is C22H24N4O4S.